The molecule has 3 aromatic rings. The fourth-order valence-electron chi connectivity index (χ4n) is 2.34. The Labute approximate surface area is 163 Å². The minimum absolute atomic E-state index is 0.0471. The standard InChI is InChI=1S/C18H18BrN3O3S/c1-2-9-22(17(23)12-24-14-7-4-3-6-13(14)19)11-16-20-21-18(25-16)15-8-5-10-26-15/h3-8,10H,2,9,11-12H2,1H3. The van der Waals surface area contributed by atoms with Crippen molar-refractivity contribution in [3.05, 3.63) is 52.1 Å². The van der Waals surface area contributed by atoms with Gasteiger partial charge in [0.15, 0.2) is 6.61 Å². The smallest absolute Gasteiger partial charge is 0.260 e. The van der Waals surface area contributed by atoms with Crippen LogP contribution in [0.25, 0.3) is 10.8 Å². The summed E-state index contributed by atoms with van der Waals surface area (Å²) in [7, 11) is 0. The van der Waals surface area contributed by atoms with Crippen LogP contribution in [0.3, 0.4) is 0 Å². The normalized spacial score (nSPS) is 10.7. The Morgan fingerprint density at radius 3 is 2.85 bits per heavy atom. The quantitative estimate of drug-likeness (QED) is 0.524. The zero-order chi connectivity index (χ0) is 18.4. The molecule has 0 saturated heterocycles. The van der Waals surface area contributed by atoms with Crippen LogP contribution < -0.4 is 4.74 Å². The van der Waals surface area contributed by atoms with E-state index in [0.29, 0.717) is 24.1 Å². The van der Waals surface area contributed by atoms with Crippen LogP contribution in [-0.4, -0.2) is 34.2 Å². The Balaban J connectivity index is 1.63. The molecule has 2 heterocycles. The molecule has 0 saturated carbocycles. The fraction of sp³-hybridized carbons (Fsp3) is 0.278. The minimum atomic E-state index is -0.126. The summed E-state index contributed by atoms with van der Waals surface area (Å²) in [4.78, 5) is 15.1. The average Bonchev–Trinajstić information content (AvgIpc) is 3.32. The Morgan fingerprint density at radius 2 is 2.12 bits per heavy atom. The van der Waals surface area contributed by atoms with E-state index in [2.05, 4.69) is 26.1 Å². The zero-order valence-electron chi connectivity index (χ0n) is 14.2. The third-order valence-corrected chi connectivity index (χ3v) is 5.07. The summed E-state index contributed by atoms with van der Waals surface area (Å²) >= 11 is 4.94. The van der Waals surface area contributed by atoms with Crippen molar-refractivity contribution in [1.82, 2.24) is 15.1 Å². The molecule has 0 spiro atoms. The van der Waals surface area contributed by atoms with Gasteiger partial charge in [-0.3, -0.25) is 4.79 Å². The maximum atomic E-state index is 12.6. The number of aromatic nitrogens is 2. The molecule has 0 atom stereocenters. The van der Waals surface area contributed by atoms with Gasteiger partial charge in [0.05, 0.1) is 15.9 Å². The summed E-state index contributed by atoms with van der Waals surface area (Å²) in [5.41, 5.74) is 0. The van der Waals surface area contributed by atoms with Gasteiger partial charge < -0.3 is 14.1 Å². The second-order valence-corrected chi connectivity index (χ2v) is 7.31. The first-order valence-electron chi connectivity index (χ1n) is 8.18. The highest BCUT2D eigenvalue weighted by Crippen LogP contribution is 2.24. The molecule has 6 nitrogen and oxygen atoms in total. The highest BCUT2D eigenvalue weighted by molar-refractivity contribution is 9.10. The highest BCUT2D eigenvalue weighted by atomic mass is 79.9. The summed E-state index contributed by atoms with van der Waals surface area (Å²) in [5, 5.41) is 10.1. The molecule has 0 bridgehead atoms. The van der Waals surface area contributed by atoms with Crippen LogP contribution in [0.4, 0.5) is 0 Å². The van der Waals surface area contributed by atoms with E-state index in [1.165, 1.54) is 11.3 Å². The van der Waals surface area contributed by atoms with Gasteiger partial charge in [-0.25, -0.2) is 0 Å². The van der Waals surface area contributed by atoms with Gasteiger partial charge in [0.2, 0.25) is 5.89 Å². The molecule has 0 aliphatic carbocycles. The molecular weight excluding hydrogens is 418 g/mol. The van der Waals surface area contributed by atoms with Crippen molar-refractivity contribution in [2.24, 2.45) is 0 Å². The van der Waals surface area contributed by atoms with Crippen molar-refractivity contribution >= 4 is 33.2 Å². The lowest BCUT2D eigenvalue weighted by Crippen LogP contribution is -2.35. The lowest BCUT2D eigenvalue weighted by atomic mass is 10.3. The first-order valence-corrected chi connectivity index (χ1v) is 9.86. The van der Waals surface area contributed by atoms with Crippen LogP contribution in [0.15, 0.2) is 50.7 Å². The van der Waals surface area contributed by atoms with Crippen molar-refractivity contribution in [3.8, 4) is 16.5 Å². The topological polar surface area (TPSA) is 68.5 Å². The minimum Gasteiger partial charge on any atom is -0.483 e. The average molecular weight is 436 g/mol. The van der Waals surface area contributed by atoms with E-state index in [1.807, 2.05) is 48.7 Å². The monoisotopic (exact) mass is 435 g/mol. The zero-order valence-corrected chi connectivity index (χ0v) is 16.6. The number of carbonyl (C=O) groups is 1. The summed E-state index contributed by atoms with van der Waals surface area (Å²) in [6.07, 6.45) is 0.826. The van der Waals surface area contributed by atoms with Crippen molar-refractivity contribution in [1.29, 1.82) is 0 Å². The number of nitrogens with zero attached hydrogens (tertiary/aromatic N) is 3. The van der Waals surface area contributed by atoms with E-state index in [0.717, 1.165) is 15.8 Å². The summed E-state index contributed by atoms with van der Waals surface area (Å²) in [6, 6.07) is 11.3. The van der Waals surface area contributed by atoms with Crippen LogP contribution in [0.1, 0.15) is 19.2 Å². The molecule has 0 N–H and O–H groups in total. The largest absolute Gasteiger partial charge is 0.483 e. The van der Waals surface area contributed by atoms with Crippen molar-refractivity contribution < 1.29 is 13.9 Å². The van der Waals surface area contributed by atoms with Gasteiger partial charge in [-0.1, -0.05) is 25.1 Å². The number of hydrogen-bond donors (Lipinski definition) is 0. The molecule has 0 aliphatic heterocycles. The van der Waals surface area contributed by atoms with Gasteiger partial charge >= 0.3 is 0 Å². The molecule has 3 rings (SSSR count). The molecular formula is C18H18BrN3O3S. The van der Waals surface area contributed by atoms with Gasteiger partial charge in [-0.05, 0) is 45.9 Å². The van der Waals surface area contributed by atoms with E-state index in [4.69, 9.17) is 9.15 Å². The first kappa shape index (κ1) is 18.6. The van der Waals surface area contributed by atoms with E-state index in [-0.39, 0.29) is 19.1 Å². The number of hydrogen-bond acceptors (Lipinski definition) is 6. The molecule has 0 fully saturated rings. The van der Waals surface area contributed by atoms with Gasteiger partial charge in [-0.15, -0.1) is 21.5 Å². The van der Waals surface area contributed by atoms with Crippen LogP contribution >= 0.6 is 27.3 Å². The molecule has 26 heavy (non-hydrogen) atoms. The Kier molecular flexibility index (Phi) is 6.40. The molecule has 0 unspecified atom stereocenters. The predicted molar refractivity (Wildman–Crippen MR) is 103 cm³/mol. The first-order chi connectivity index (χ1) is 12.7. The number of para-hydroxylation sites is 1. The molecule has 0 aliphatic rings. The molecule has 8 heteroatoms. The number of benzene rings is 1. The fourth-order valence-corrected chi connectivity index (χ4v) is 3.38. The maximum Gasteiger partial charge on any atom is 0.260 e. The lowest BCUT2D eigenvalue weighted by molar-refractivity contribution is -0.134. The highest BCUT2D eigenvalue weighted by Gasteiger charge is 2.18. The number of rotatable bonds is 8. The predicted octanol–water partition coefficient (Wildman–Crippen LogP) is 4.38. The second kappa shape index (κ2) is 8.95. The number of amides is 1. The second-order valence-electron chi connectivity index (χ2n) is 5.51. The Hall–Kier alpha value is -2.19. The molecule has 2 aromatic heterocycles. The van der Waals surface area contributed by atoms with Gasteiger partial charge in [0.25, 0.3) is 11.8 Å². The Bertz CT molecular complexity index is 851. The van der Waals surface area contributed by atoms with Crippen LogP contribution in [-0.2, 0) is 11.3 Å². The molecule has 1 aromatic carbocycles. The lowest BCUT2D eigenvalue weighted by Gasteiger charge is -2.20. The van der Waals surface area contributed by atoms with E-state index < -0.39 is 0 Å². The number of halogens is 1. The maximum absolute atomic E-state index is 12.6. The molecule has 0 radical (unpaired) electrons. The van der Waals surface area contributed by atoms with Crippen LogP contribution in [0.2, 0.25) is 0 Å². The van der Waals surface area contributed by atoms with E-state index in [9.17, 15) is 4.79 Å². The summed E-state index contributed by atoms with van der Waals surface area (Å²) in [6.45, 7) is 2.83. The van der Waals surface area contributed by atoms with Crippen molar-refractivity contribution in [2.45, 2.75) is 19.9 Å². The summed E-state index contributed by atoms with van der Waals surface area (Å²) < 4.78 is 12.1. The Morgan fingerprint density at radius 1 is 1.27 bits per heavy atom. The molecule has 1 amide bonds. The van der Waals surface area contributed by atoms with Gasteiger partial charge in [0.1, 0.15) is 5.75 Å². The van der Waals surface area contributed by atoms with Crippen LogP contribution in [0.5, 0.6) is 5.75 Å². The van der Waals surface area contributed by atoms with Crippen LogP contribution in [0, 0.1) is 0 Å². The number of ether oxygens (including phenoxy) is 1. The summed E-state index contributed by atoms with van der Waals surface area (Å²) in [5.74, 6) is 1.40. The third kappa shape index (κ3) is 4.70. The van der Waals surface area contributed by atoms with Crippen molar-refractivity contribution in [3.63, 3.8) is 0 Å². The van der Waals surface area contributed by atoms with Gasteiger partial charge in [0, 0.05) is 6.54 Å². The van der Waals surface area contributed by atoms with Gasteiger partial charge in [-0.2, -0.15) is 0 Å². The number of carbonyl (C=O) groups excluding carboxylic acids is 1. The van der Waals surface area contributed by atoms with E-state index in [1.54, 1.807) is 4.90 Å². The SMILES string of the molecule is CCCN(Cc1nnc(-c2cccs2)o1)C(=O)COc1ccccc1Br. The van der Waals surface area contributed by atoms with E-state index >= 15 is 0 Å². The number of thiophene rings is 1. The molecule has 136 valence electrons. The van der Waals surface area contributed by atoms with Crippen molar-refractivity contribution in [2.75, 3.05) is 13.2 Å². The third-order valence-electron chi connectivity index (χ3n) is 3.56.